The van der Waals surface area contributed by atoms with Crippen molar-refractivity contribution in [1.82, 2.24) is 9.38 Å². The van der Waals surface area contributed by atoms with Gasteiger partial charge in [0.05, 0.1) is 6.54 Å². The number of hydrogen-bond donors (Lipinski definition) is 1. The van der Waals surface area contributed by atoms with Crippen LogP contribution in [0.3, 0.4) is 0 Å². The van der Waals surface area contributed by atoms with Crippen LogP contribution in [0.2, 0.25) is 0 Å². The smallest absolute Gasteiger partial charge is 0.138 e. The van der Waals surface area contributed by atoms with Crippen LogP contribution in [-0.2, 0) is 6.54 Å². The van der Waals surface area contributed by atoms with Crippen molar-refractivity contribution in [2.45, 2.75) is 13.5 Å². The molecule has 0 aromatic carbocycles. The number of imidazole rings is 1. The Hall–Kier alpha value is -2.23. The lowest BCUT2D eigenvalue weighted by Crippen LogP contribution is -2.02. The van der Waals surface area contributed by atoms with Gasteiger partial charge in [-0.05, 0) is 31.2 Å². The zero-order valence-electron chi connectivity index (χ0n) is 9.55. The highest BCUT2D eigenvalue weighted by Crippen LogP contribution is 2.13. The highest BCUT2D eigenvalue weighted by molar-refractivity contribution is 5.49. The van der Waals surface area contributed by atoms with Crippen molar-refractivity contribution < 1.29 is 4.42 Å². The largest absolute Gasteiger partial charge is 0.465 e. The van der Waals surface area contributed by atoms with Crippen molar-refractivity contribution in [3.63, 3.8) is 0 Å². The number of fused-ring (bicyclic) bond motifs is 1. The zero-order chi connectivity index (χ0) is 11.7. The van der Waals surface area contributed by atoms with Crippen LogP contribution < -0.4 is 5.32 Å². The third-order valence-corrected chi connectivity index (χ3v) is 2.67. The minimum atomic E-state index is 0.672. The number of hydrogen-bond acceptors (Lipinski definition) is 3. The summed E-state index contributed by atoms with van der Waals surface area (Å²) >= 11 is 0. The summed E-state index contributed by atoms with van der Waals surface area (Å²) in [5.74, 6) is 2.87. The molecule has 0 atom stereocenters. The second-order valence-corrected chi connectivity index (χ2v) is 3.93. The average molecular weight is 227 g/mol. The Morgan fingerprint density at radius 2 is 2.24 bits per heavy atom. The molecule has 0 aliphatic carbocycles. The van der Waals surface area contributed by atoms with Crippen molar-refractivity contribution in [3.05, 3.63) is 54.2 Å². The highest BCUT2D eigenvalue weighted by atomic mass is 16.3. The van der Waals surface area contributed by atoms with E-state index in [-0.39, 0.29) is 0 Å². The van der Waals surface area contributed by atoms with E-state index < -0.39 is 0 Å². The van der Waals surface area contributed by atoms with Crippen molar-refractivity contribution in [2.24, 2.45) is 0 Å². The van der Waals surface area contributed by atoms with E-state index in [4.69, 9.17) is 4.42 Å². The SMILES string of the molecule is Cc1ccc(CNc2cccc3nccn23)o1. The fourth-order valence-electron chi connectivity index (χ4n) is 1.85. The number of aromatic nitrogens is 2. The maximum Gasteiger partial charge on any atom is 0.138 e. The van der Waals surface area contributed by atoms with Crippen LogP contribution in [0.4, 0.5) is 5.82 Å². The van der Waals surface area contributed by atoms with E-state index in [2.05, 4.69) is 10.3 Å². The van der Waals surface area contributed by atoms with Crippen LogP contribution in [0.25, 0.3) is 5.65 Å². The number of nitrogens with zero attached hydrogens (tertiary/aromatic N) is 2. The molecule has 3 aromatic rings. The van der Waals surface area contributed by atoms with Crippen molar-refractivity contribution in [2.75, 3.05) is 5.32 Å². The maximum atomic E-state index is 5.51. The van der Waals surface area contributed by atoms with E-state index in [0.717, 1.165) is 23.0 Å². The Morgan fingerprint density at radius 1 is 1.29 bits per heavy atom. The first-order valence-corrected chi connectivity index (χ1v) is 5.54. The molecule has 0 saturated heterocycles. The molecule has 4 nitrogen and oxygen atoms in total. The third kappa shape index (κ3) is 1.89. The molecule has 17 heavy (non-hydrogen) atoms. The van der Waals surface area contributed by atoms with E-state index in [1.165, 1.54) is 0 Å². The molecule has 3 rings (SSSR count). The number of furan rings is 1. The van der Waals surface area contributed by atoms with E-state index >= 15 is 0 Å². The molecule has 0 unspecified atom stereocenters. The van der Waals surface area contributed by atoms with Crippen molar-refractivity contribution in [1.29, 1.82) is 0 Å². The topological polar surface area (TPSA) is 42.5 Å². The van der Waals surface area contributed by atoms with Gasteiger partial charge in [-0.2, -0.15) is 0 Å². The summed E-state index contributed by atoms with van der Waals surface area (Å²) < 4.78 is 7.52. The van der Waals surface area contributed by atoms with Crippen LogP contribution in [0, 0.1) is 6.92 Å². The second kappa shape index (κ2) is 3.97. The molecule has 0 aliphatic rings. The monoisotopic (exact) mass is 227 g/mol. The van der Waals surface area contributed by atoms with Gasteiger partial charge in [0.1, 0.15) is 23.0 Å². The summed E-state index contributed by atoms with van der Waals surface area (Å²) in [5, 5.41) is 3.33. The Labute approximate surface area is 98.9 Å². The van der Waals surface area contributed by atoms with Gasteiger partial charge in [0, 0.05) is 12.4 Å². The van der Waals surface area contributed by atoms with Crippen molar-refractivity contribution in [3.8, 4) is 0 Å². The summed E-state index contributed by atoms with van der Waals surface area (Å²) in [6.45, 7) is 2.62. The van der Waals surface area contributed by atoms with E-state index in [0.29, 0.717) is 6.54 Å². The summed E-state index contributed by atoms with van der Waals surface area (Å²) in [5.41, 5.74) is 0.936. The first-order chi connectivity index (χ1) is 8.33. The fourth-order valence-corrected chi connectivity index (χ4v) is 1.85. The quantitative estimate of drug-likeness (QED) is 0.748. The van der Waals surface area contributed by atoms with Gasteiger partial charge in [-0.25, -0.2) is 4.98 Å². The molecule has 0 fully saturated rings. The number of rotatable bonds is 3. The summed E-state index contributed by atoms with van der Waals surface area (Å²) in [6, 6.07) is 9.93. The molecule has 4 heteroatoms. The number of anilines is 1. The standard InChI is InChI=1S/C13H13N3O/c1-10-5-6-11(17-10)9-15-13-4-2-3-12-14-7-8-16(12)13/h2-8,15H,9H2,1H3. The molecule has 3 aromatic heterocycles. The fraction of sp³-hybridized carbons (Fsp3) is 0.154. The molecular formula is C13H13N3O. The van der Waals surface area contributed by atoms with Gasteiger partial charge in [-0.15, -0.1) is 0 Å². The first-order valence-electron chi connectivity index (χ1n) is 5.54. The first kappa shape index (κ1) is 9.96. The predicted molar refractivity (Wildman–Crippen MR) is 66.0 cm³/mol. The predicted octanol–water partition coefficient (Wildman–Crippen LogP) is 2.85. The normalized spacial score (nSPS) is 10.9. The average Bonchev–Trinajstić information content (AvgIpc) is 2.94. The molecule has 0 aliphatic heterocycles. The molecule has 0 amide bonds. The van der Waals surface area contributed by atoms with Crippen LogP contribution >= 0.6 is 0 Å². The molecule has 0 bridgehead atoms. The molecule has 3 heterocycles. The molecule has 0 radical (unpaired) electrons. The van der Waals surface area contributed by atoms with Gasteiger partial charge < -0.3 is 9.73 Å². The van der Waals surface area contributed by atoms with Gasteiger partial charge in [0.2, 0.25) is 0 Å². The van der Waals surface area contributed by atoms with Gasteiger partial charge in [-0.1, -0.05) is 6.07 Å². The summed E-state index contributed by atoms with van der Waals surface area (Å²) in [6.07, 6.45) is 3.72. The van der Waals surface area contributed by atoms with Crippen LogP contribution in [0.1, 0.15) is 11.5 Å². The Balaban J connectivity index is 1.83. The van der Waals surface area contributed by atoms with Gasteiger partial charge in [0.25, 0.3) is 0 Å². The summed E-state index contributed by atoms with van der Waals surface area (Å²) in [4.78, 5) is 4.24. The minimum Gasteiger partial charge on any atom is -0.465 e. The van der Waals surface area contributed by atoms with E-state index in [1.807, 2.05) is 47.9 Å². The number of pyridine rings is 1. The summed E-state index contributed by atoms with van der Waals surface area (Å²) in [7, 11) is 0. The molecule has 0 spiro atoms. The lowest BCUT2D eigenvalue weighted by Gasteiger charge is -2.07. The molecule has 86 valence electrons. The Morgan fingerprint density at radius 3 is 3.06 bits per heavy atom. The van der Waals surface area contributed by atoms with Gasteiger partial charge in [0.15, 0.2) is 0 Å². The minimum absolute atomic E-state index is 0.672. The number of aryl methyl sites for hydroxylation is 1. The van der Waals surface area contributed by atoms with E-state index in [1.54, 1.807) is 6.20 Å². The van der Waals surface area contributed by atoms with Crippen LogP contribution in [0.15, 0.2) is 47.1 Å². The Bertz CT molecular complexity index is 639. The molecular weight excluding hydrogens is 214 g/mol. The van der Waals surface area contributed by atoms with Crippen LogP contribution in [-0.4, -0.2) is 9.38 Å². The zero-order valence-corrected chi connectivity index (χ0v) is 9.55. The second-order valence-electron chi connectivity index (χ2n) is 3.93. The highest BCUT2D eigenvalue weighted by Gasteiger charge is 2.02. The molecule has 0 saturated carbocycles. The van der Waals surface area contributed by atoms with Crippen molar-refractivity contribution >= 4 is 11.5 Å². The maximum absolute atomic E-state index is 5.51. The third-order valence-electron chi connectivity index (χ3n) is 2.67. The Kier molecular flexibility index (Phi) is 2.33. The van der Waals surface area contributed by atoms with Crippen LogP contribution in [0.5, 0.6) is 0 Å². The lowest BCUT2D eigenvalue weighted by atomic mass is 10.4. The van der Waals surface area contributed by atoms with Gasteiger partial charge in [-0.3, -0.25) is 4.40 Å². The van der Waals surface area contributed by atoms with Gasteiger partial charge >= 0.3 is 0 Å². The van der Waals surface area contributed by atoms with E-state index in [9.17, 15) is 0 Å². The lowest BCUT2D eigenvalue weighted by molar-refractivity contribution is 0.490. The molecule has 1 N–H and O–H groups in total. The number of nitrogens with one attached hydrogen (secondary N) is 1.